The van der Waals surface area contributed by atoms with Gasteiger partial charge in [-0.15, -0.1) is 12.8 Å². The number of carbonyl (C=O) groups excluding carboxylic acids is 2. The van der Waals surface area contributed by atoms with Crippen LogP contribution in [0.5, 0.6) is 11.5 Å². The lowest BCUT2D eigenvalue weighted by atomic mass is 10.1. The summed E-state index contributed by atoms with van der Waals surface area (Å²) in [5.74, 6) is 99.1. The number of rotatable bonds is 12. The average Bonchev–Trinajstić information content (AvgIpc) is 2.41. The van der Waals surface area contributed by atoms with E-state index in [1.165, 1.54) is 10.8 Å². The summed E-state index contributed by atoms with van der Waals surface area (Å²) >= 11 is 0. The second kappa shape index (κ2) is 38.1. The lowest BCUT2D eigenvalue weighted by Crippen LogP contribution is -2.33. The summed E-state index contributed by atoms with van der Waals surface area (Å²) in [5, 5.41) is 3.77. The molecule has 2 aromatic carbocycles. The monoisotopic (exact) mass is 1120 g/mol. The summed E-state index contributed by atoms with van der Waals surface area (Å²) in [6, 6.07) is 12.9. The molecule has 402 valence electrons. The number of esters is 1. The van der Waals surface area contributed by atoms with Crippen molar-refractivity contribution in [1.29, 1.82) is 0 Å². The molecule has 1 amide bonds. The number of amides is 1. The Morgan fingerprint density at radius 3 is 1.48 bits per heavy atom. The van der Waals surface area contributed by atoms with Crippen LogP contribution in [0.25, 0.3) is 10.9 Å². The van der Waals surface area contributed by atoms with E-state index >= 15 is 0 Å². The number of aromatic nitrogens is 3. The van der Waals surface area contributed by atoms with Gasteiger partial charge in [-0.25, -0.2) is 4.79 Å². The number of aryl methyl sites for hydroxylation is 1. The summed E-state index contributed by atoms with van der Waals surface area (Å²) in [4.78, 5) is 52.3. The van der Waals surface area contributed by atoms with E-state index in [1.54, 1.807) is 25.1 Å². The third kappa shape index (κ3) is 25.0. The fourth-order valence-electron chi connectivity index (χ4n) is 6.78. The molecule has 3 heterocycles. The summed E-state index contributed by atoms with van der Waals surface area (Å²) in [5.41, 5.74) is 1.72. The van der Waals surface area contributed by atoms with Crippen molar-refractivity contribution in [2.75, 3.05) is 0 Å². The first kappa shape index (κ1) is 63.3. The smallest absolute Gasteiger partial charge is 0.330 e. The lowest BCUT2D eigenvalue weighted by molar-refractivity contribution is -0.153. The van der Waals surface area contributed by atoms with E-state index in [0.717, 1.165) is 22.0 Å². The third-order valence-electron chi connectivity index (χ3n) is 10.3. The number of hydrogen-bond acceptors (Lipinski definition) is 8. The molecular weight excluding hydrogens is 1080 g/mol. The van der Waals surface area contributed by atoms with Crippen LogP contribution in [0.4, 0.5) is 0 Å². The minimum absolute atomic E-state index is 0.101. The number of benzene rings is 2. The maximum atomic E-state index is 12.9. The maximum absolute atomic E-state index is 12.9. The van der Waals surface area contributed by atoms with Crippen molar-refractivity contribution in [1.82, 2.24) is 19.4 Å². The van der Waals surface area contributed by atoms with Crippen molar-refractivity contribution in [2.24, 2.45) is 0 Å². The molecule has 2 aromatic heterocycles. The quantitative estimate of drug-likeness (QED) is 0.162. The topological polar surface area (TPSA) is 143 Å². The van der Waals surface area contributed by atoms with Crippen molar-refractivity contribution in [3.63, 3.8) is 0 Å². The number of fused-ring (bicyclic) bond motifs is 1. The Balaban J connectivity index is 1.19. The zero-order valence-electron chi connectivity index (χ0n) is 46.0. The van der Waals surface area contributed by atoms with Gasteiger partial charge in [-0.3, -0.25) is 23.9 Å². The van der Waals surface area contributed by atoms with Crippen LogP contribution >= 0.6 is 0 Å². The molecule has 4 aromatic rings. The number of hydrogen-bond donors (Lipinski definition) is 2. The Kier molecular flexibility index (Phi) is 27.8. The van der Waals surface area contributed by atoms with Crippen LogP contribution in [0.1, 0.15) is 55.5 Å². The largest absolute Gasteiger partial charge is 0.459 e. The van der Waals surface area contributed by atoms with E-state index < -0.39 is 35.7 Å². The van der Waals surface area contributed by atoms with Crippen molar-refractivity contribution < 1.29 is 28.5 Å². The van der Waals surface area contributed by atoms with Crippen LogP contribution < -0.4 is 26.0 Å². The first-order chi connectivity index (χ1) is 42.7. The molecule has 87 heavy (non-hydrogen) atoms. The highest BCUT2D eigenvalue weighted by atomic mass is 16.6. The summed E-state index contributed by atoms with van der Waals surface area (Å²) in [7, 11) is 0. The Hall–Kier alpha value is -14.5. The molecule has 3 atom stereocenters. The van der Waals surface area contributed by atoms with Gasteiger partial charge in [-0.1, -0.05) is 13.0 Å². The van der Waals surface area contributed by atoms with Crippen LogP contribution in [0, 0.1) is 269 Å². The Labute approximate surface area is 505 Å². The van der Waals surface area contributed by atoms with Crippen LogP contribution in [0.2, 0.25) is 0 Å². The molecular formula is C75H34N4O8. The number of nitrogens with one attached hydrogen (secondary N) is 2. The number of ether oxygens (including phenoxy) is 4. The van der Waals surface area contributed by atoms with E-state index in [1.807, 2.05) is 42.0 Å². The first-order valence-corrected chi connectivity index (χ1v) is 25.1. The highest BCUT2D eigenvalue weighted by Crippen LogP contribution is 2.32. The zero-order chi connectivity index (χ0) is 61.8. The molecule has 1 saturated heterocycles. The van der Waals surface area contributed by atoms with Crippen LogP contribution in [-0.2, 0) is 32.2 Å². The molecule has 2 N–H and O–H groups in total. The van der Waals surface area contributed by atoms with Gasteiger partial charge in [-0.2, -0.15) is 0 Å². The van der Waals surface area contributed by atoms with E-state index in [4.69, 9.17) is 31.8 Å². The van der Waals surface area contributed by atoms with E-state index in [2.05, 4.69) is 259 Å². The lowest BCUT2D eigenvalue weighted by Gasteiger charge is -2.17. The van der Waals surface area contributed by atoms with E-state index in [0.29, 0.717) is 30.0 Å². The van der Waals surface area contributed by atoms with Gasteiger partial charge in [0.15, 0.2) is 0 Å². The van der Waals surface area contributed by atoms with Gasteiger partial charge in [0, 0.05) is 198 Å². The molecule has 0 bridgehead atoms. The fourth-order valence-corrected chi connectivity index (χ4v) is 6.78. The van der Waals surface area contributed by atoms with Crippen molar-refractivity contribution in [2.45, 2.75) is 71.1 Å². The van der Waals surface area contributed by atoms with Gasteiger partial charge < -0.3 is 28.8 Å². The molecule has 1 aliphatic rings. The highest BCUT2D eigenvalue weighted by molar-refractivity contribution is 5.83. The number of H-pyrrole nitrogens is 1. The molecule has 1 unspecified atom stereocenters. The van der Waals surface area contributed by atoms with Gasteiger partial charge in [0.25, 0.3) is 5.56 Å². The van der Waals surface area contributed by atoms with Crippen LogP contribution in [-0.4, -0.2) is 38.2 Å². The fraction of sp³-hybridized carbons (Fsp3) is 0.147. The Bertz CT molecular complexity index is 4840. The molecule has 1 aliphatic heterocycles. The average molecular weight is 1120 g/mol. The zero-order valence-corrected chi connectivity index (χ0v) is 46.0. The molecule has 1 fully saturated rings. The molecule has 0 saturated carbocycles. The molecule has 0 radical (unpaired) electrons. The van der Waals surface area contributed by atoms with E-state index in [-0.39, 0.29) is 31.7 Å². The van der Waals surface area contributed by atoms with Gasteiger partial charge in [0.05, 0.1) is 12.5 Å². The van der Waals surface area contributed by atoms with Gasteiger partial charge in [-0.05, 0) is 155 Å². The summed E-state index contributed by atoms with van der Waals surface area (Å²) in [6.07, 6.45) is 17.0. The van der Waals surface area contributed by atoms with Crippen molar-refractivity contribution in [3.8, 4) is 273 Å². The Morgan fingerprint density at radius 2 is 1.03 bits per heavy atom. The summed E-state index contributed by atoms with van der Waals surface area (Å²) < 4.78 is 26.4. The number of nitrogens with zero attached hydrogens (tertiary/aromatic N) is 2. The minimum Gasteiger partial charge on any atom is -0.459 e. The molecule has 0 aliphatic carbocycles. The Morgan fingerprint density at radius 1 is 0.586 bits per heavy atom. The number of carbonyl (C=O) groups is 2. The van der Waals surface area contributed by atoms with E-state index in [9.17, 15) is 19.2 Å². The second-order valence-electron chi connectivity index (χ2n) is 16.2. The second-order valence-corrected chi connectivity index (χ2v) is 16.2. The molecule has 5 rings (SSSR count). The van der Waals surface area contributed by atoms with Crippen LogP contribution in [0.3, 0.4) is 0 Å². The predicted octanol–water partition coefficient (Wildman–Crippen LogP) is 3.56. The van der Waals surface area contributed by atoms with Crippen molar-refractivity contribution in [3.05, 3.63) is 92.4 Å². The number of aromatic amines is 1. The predicted molar refractivity (Wildman–Crippen MR) is 328 cm³/mol. The first-order valence-electron chi connectivity index (χ1n) is 25.1. The molecule has 12 heteroatoms. The van der Waals surface area contributed by atoms with Crippen LogP contribution in [0.15, 0.2) is 64.4 Å². The molecule has 12 nitrogen and oxygen atoms in total. The molecule has 0 spiro atoms. The standard InChI is InChI=1S/C75H34N4O8/c1-5-8-10-12-14-16-18-20-22-24-26-28-30-32-34-36-38-40-42-44-52-84-66-55-64(56-67(57-66)85-53-45-43-41-39-37-35-33-31-29-27-25-23-21-19-17-15-13-11-9-6-2)61-78-51-50-65-54-63(46-47-68(65)78)59-76-71(80)48-49-73(81)87-70-58-72(86-69(70)7-3)79-60-62(4)74(82)77-75(79)83/h1-2,46-47,50-51,54-57,60,69-70,72H,7,48-49,58-59,61H2,3-4H3,(H,76,80)(H,77,82,83)/t69-,70?,72-/m1/s1. The minimum atomic E-state index is -0.725. The van der Waals surface area contributed by atoms with Gasteiger partial charge in [0.1, 0.15) is 36.0 Å². The normalized spacial score (nSPS) is 11.1. The van der Waals surface area contributed by atoms with Crippen molar-refractivity contribution >= 4 is 22.8 Å². The highest BCUT2D eigenvalue weighted by Gasteiger charge is 2.38. The number of terminal acetylenes is 2. The third-order valence-corrected chi connectivity index (χ3v) is 10.3. The SMILES string of the molecule is C#CC#CC#CC#CC#CC#CC#CC#CC#CC#CC#COc1cc(Cn2ccc3cc(CNC(=O)CCC(=O)OC4C[C@H](n5cc(C)c(=O)[nH]c5=O)O[C@@H]4CC)ccc32)cc(OC#CC#CC#CC#CC#CC#CC#CC#CC#CC#CC#C)c1. The van der Waals surface area contributed by atoms with Gasteiger partial charge in [0.2, 0.25) is 5.91 Å². The summed E-state index contributed by atoms with van der Waals surface area (Å²) in [6.45, 7) is 4.04. The van der Waals surface area contributed by atoms with Gasteiger partial charge >= 0.3 is 11.7 Å². The maximum Gasteiger partial charge on any atom is 0.330 e.